The van der Waals surface area contributed by atoms with E-state index < -0.39 is 5.41 Å². The molecule has 1 amide bonds. The zero-order valence-corrected chi connectivity index (χ0v) is 15.8. The molecule has 0 aliphatic carbocycles. The highest BCUT2D eigenvalue weighted by molar-refractivity contribution is 5.95. The lowest BCUT2D eigenvalue weighted by Crippen LogP contribution is -2.47. The second-order valence-electron chi connectivity index (χ2n) is 6.14. The minimum atomic E-state index is -0.463. The SMILES string of the molecule is COCCCOc1cccc(NC(=O)C2(COC)CCNCC2)c1.Cl. The van der Waals surface area contributed by atoms with Crippen LogP contribution in [-0.2, 0) is 14.3 Å². The van der Waals surface area contributed by atoms with E-state index in [1.54, 1.807) is 14.2 Å². The summed E-state index contributed by atoms with van der Waals surface area (Å²) in [5.41, 5.74) is 0.285. The predicted molar refractivity (Wildman–Crippen MR) is 101 cm³/mol. The van der Waals surface area contributed by atoms with Gasteiger partial charge < -0.3 is 24.8 Å². The second kappa shape index (κ2) is 11.3. The Hall–Kier alpha value is -1.34. The van der Waals surface area contributed by atoms with Crippen LogP contribution in [0, 0.1) is 5.41 Å². The number of piperidine rings is 1. The maximum Gasteiger partial charge on any atom is 0.233 e. The summed E-state index contributed by atoms with van der Waals surface area (Å²) in [5, 5.41) is 6.32. The third kappa shape index (κ3) is 6.47. The quantitative estimate of drug-likeness (QED) is 0.652. The molecule has 0 atom stereocenters. The average molecular weight is 373 g/mol. The van der Waals surface area contributed by atoms with Crippen molar-refractivity contribution < 1.29 is 19.0 Å². The molecule has 7 heteroatoms. The van der Waals surface area contributed by atoms with Crippen molar-refractivity contribution in [2.24, 2.45) is 5.41 Å². The van der Waals surface area contributed by atoms with Gasteiger partial charge in [0.15, 0.2) is 0 Å². The lowest BCUT2D eigenvalue weighted by atomic mass is 9.78. The van der Waals surface area contributed by atoms with Crippen LogP contribution in [-0.4, -0.2) is 53.0 Å². The molecule has 1 heterocycles. The van der Waals surface area contributed by atoms with Crippen LogP contribution in [0.15, 0.2) is 24.3 Å². The maximum absolute atomic E-state index is 12.8. The van der Waals surface area contributed by atoms with E-state index in [1.165, 1.54) is 0 Å². The highest BCUT2D eigenvalue weighted by atomic mass is 35.5. The van der Waals surface area contributed by atoms with Gasteiger partial charge in [-0.05, 0) is 38.1 Å². The molecule has 6 nitrogen and oxygen atoms in total. The van der Waals surface area contributed by atoms with E-state index in [1.807, 2.05) is 24.3 Å². The number of carbonyl (C=O) groups excluding carboxylic acids is 1. The van der Waals surface area contributed by atoms with Crippen molar-refractivity contribution in [3.63, 3.8) is 0 Å². The minimum absolute atomic E-state index is 0. The molecule has 2 rings (SSSR count). The summed E-state index contributed by atoms with van der Waals surface area (Å²) in [4.78, 5) is 12.8. The number of carbonyl (C=O) groups is 1. The molecular weight excluding hydrogens is 344 g/mol. The fourth-order valence-corrected chi connectivity index (χ4v) is 2.94. The molecular formula is C18H29ClN2O4. The summed E-state index contributed by atoms with van der Waals surface area (Å²) in [6, 6.07) is 7.50. The van der Waals surface area contributed by atoms with Crippen molar-refractivity contribution in [1.29, 1.82) is 0 Å². The van der Waals surface area contributed by atoms with Crippen molar-refractivity contribution >= 4 is 24.0 Å². The van der Waals surface area contributed by atoms with E-state index in [0.29, 0.717) is 19.8 Å². The largest absolute Gasteiger partial charge is 0.493 e. The summed E-state index contributed by atoms with van der Waals surface area (Å²) >= 11 is 0. The lowest BCUT2D eigenvalue weighted by Gasteiger charge is -2.35. The van der Waals surface area contributed by atoms with Gasteiger partial charge in [0.25, 0.3) is 0 Å². The number of halogens is 1. The molecule has 0 spiro atoms. The number of ether oxygens (including phenoxy) is 3. The van der Waals surface area contributed by atoms with Crippen molar-refractivity contribution in [2.75, 3.05) is 52.4 Å². The number of methoxy groups -OCH3 is 2. The van der Waals surface area contributed by atoms with Crippen LogP contribution >= 0.6 is 12.4 Å². The fourth-order valence-electron chi connectivity index (χ4n) is 2.94. The second-order valence-corrected chi connectivity index (χ2v) is 6.14. The lowest BCUT2D eigenvalue weighted by molar-refractivity contribution is -0.130. The molecule has 142 valence electrons. The van der Waals surface area contributed by atoms with Gasteiger partial charge in [0.05, 0.1) is 18.6 Å². The number of rotatable bonds is 9. The summed E-state index contributed by atoms with van der Waals surface area (Å²) < 4.78 is 16.0. The third-order valence-electron chi connectivity index (χ3n) is 4.32. The summed E-state index contributed by atoms with van der Waals surface area (Å²) in [5.74, 6) is 0.761. The normalized spacial score (nSPS) is 15.9. The molecule has 0 radical (unpaired) electrons. The number of hydrogen-bond acceptors (Lipinski definition) is 5. The van der Waals surface area contributed by atoms with Crippen LogP contribution in [0.1, 0.15) is 19.3 Å². The smallest absolute Gasteiger partial charge is 0.233 e. The number of amides is 1. The number of nitrogens with one attached hydrogen (secondary N) is 2. The van der Waals surface area contributed by atoms with Gasteiger partial charge >= 0.3 is 0 Å². The van der Waals surface area contributed by atoms with Crippen molar-refractivity contribution in [3.8, 4) is 5.75 Å². The standard InChI is InChI=1S/C18H28N2O4.ClH/c1-22-11-4-12-24-16-6-3-5-15(13-16)20-17(21)18(14-23-2)7-9-19-10-8-18;/h3,5-6,13,19H,4,7-12,14H2,1-2H3,(H,20,21);1H. The molecule has 1 aliphatic heterocycles. The molecule has 2 N–H and O–H groups in total. The molecule has 0 aromatic heterocycles. The van der Waals surface area contributed by atoms with Crippen LogP contribution in [0.3, 0.4) is 0 Å². The van der Waals surface area contributed by atoms with Crippen LogP contribution in [0.25, 0.3) is 0 Å². The monoisotopic (exact) mass is 372 g/mol. The highest BCUT2D eigenvalue weighted by Crippen LogP contribution is 2.31. The average Bonchev–Trinajstić information content (AvgIpc) is 2.60. The van der Waals surface area contributed by atoms with Gasteiger partial charge in [-0.25, -0.2) is 0 Å². The molecule has 25 heavy (non-hydrogen) atoms. The number of anilines is 1. The first-order valence-electron chi connectivity index (χ1n) is 8.43. The summed E-state index contributed by atoms with van der Waals surface area (Å²) in [6.07, 6.45) is 2.39. The van der Waals surface area contributed by atoms with E-state index in [0.717, 1.165) is 43.8 Å². The van der Waals surface area contributed by atoms with Crippen LogP contribution < -0.4 is 15.4 Å². The fraction of sp³-hybridized carbons (Fsp3) is 0.611. The van der Waals surface area contributed by atoms with Crippen LogP contribution in [0.2, 0.25) is 0 Å². The summed E-state index contributed by atoms with van der Waals surface area (Å²) in [6.45, 7) is 3.36. The Bertz CT molecular complexity index is 516. The third-order valence-corrected chi connectivity index (χ3v) is 4.32. The first-order valence-corrected chi connectivity index (χ1v) is 8.43. The molecule has 1 aliphatic rings. The maximum atomic E-state index is 12.8. The Balaban J connectivity index is 0.00000312. The highest BCUT2D eigenvalue weighted by Gasteiger charge is 2.39. The molecule has 0 bridgehead atoms. The Morgan fingerprint density at radius 1 is 1.20 bits per heavy atom. The Morgan fingerprint density at radius 3 is 2.64 bits per heavy atom. The Morgan fingerprint density at radius 2 is 1.96 bits per heavy atom. The zero-order valence-electron chi connectivity index (χ0n) is 15.0. The molecule has 1 saturated heterocycles. The first-order chi connectivity index (χ1) is 11.7. The predicted octanol–water partition coefficient (Wildman–Crippen LogP) is 2.48. The number of benzene rings is 1. The molecule has 0 unspecified atom stereocenters. The van der Waals surface area contributed by atoms with Gasteiger partial charge in [-0.15, -0.1) is 12.4 Å². The van der Waals surface area contributed by atoms with Gasteiger partial charge in [0.2, 0.25) is 5.91 Å². The van der Waals surface area contributed by atoms with Gasteiger partial charge in [0, 0.05) is 39.0 Å². The van der Waals surface area contributed by atoms with Gasteiger partial charge in [0.1, 0.15) is 5.75 Å². The molecule has 0 saturated carbocycles. The minimum Gasteiger partial charge on any atom is -0.493 e. The Labute approximate surface area is 156 Å². The zero-order chi connectivity index (χ0) is 17.3. The topological polar surface area (TPSA) is 68.8 Å². The van der Waals surface area contributed by atoms with Crippen molar-refractivity contribution in [2.45, 2.75) is 19.3 Å². The van der Waals surface area contributed by atoms with Gasteiger partial charge in [-0.2, -0.15) is 0 Å². The van der Waals surface area contributed by atoms with Crippen LogP contribution in [0.5, 0.6) is 5.75 Å². The number of hydrogen-bond donors (Lipinski definition) is 2. The molecule has 1 aromatic carbocycles. The summed E-state index contributed by atoms with van der Waals surface area (Å²) in [7, 11) is 3.32. The van der Waals surface area contributed by atoms with E-state index in [-0.39, 0.29) is 18.3 Å². The van der Waals surface area contributed by atoms with E-state index in [2.05, 4.69) is 10.6 Å². The molecule has 1 fully saturated rings. The van der Waals surface area contributed by atoms with Gasteiger partial charge in [-0.1, -0.05) is 6.07 Å². The van der Waals surface area contributed by atoms with Crippen LogP contribution in [0.4, 0.5) is 5.69 Å². The van der Waals surface area contributed by atoms with Gasteiger partial charge in [-0.3, -0.25) is 4.79 Å². The Kier molecular flexibility index (Phi) is 9.82. The van der Waals surface area contributed by atoms with Crippen molar-refractivity contribution in [3.05, 3.63) is 24.3 Å². The van der Waals surface area contributed by atoms with E-state index in [4.69, 9.17) is 14.2 Å². The van der Waals surface area contributed by atoms with E-state index >= 15 is 0 Å². The van der Waals surface area contributed by atoms with E-state index in [9.17, 15) is 4.79 Å². The molecule has 1 aromatic rings. The van der Waals surface area contributed by atoms with Crippen molar-refractivity contribution in [1.82, 2.24) is 5.32 Å². The first kappa shape index (κ1) is 21.7.